The molecular formula is C19H33IN4O2. The van der Waals surface area contributed by atoms with Crippen LogP contribution in [0.1, 0.15) is 45.8 Å². The number of nitrogens with zero attached hydrogens (tertiary/aromatic N) is 2. The first-order valence-electron chi connectivity index (χ1n) is 9.50. The lowest BCUT2D eigenvalue weighted by Gasteiger charge is -2.24. The van der Waals surface area contributed by atoms with Gasteiger partial charge in [0.25, 0.3) is 0 Å². The van der Waals surface area contributed by atoms with E-state index in [0.717, 1.165) is 43.2 Å². The van der Waals surface area contributed by atoms with E-state index in [4.69, 9.17) is 4.42 Å². The van der Waals surface area contributed by atoms with Crippen LogP contribution in [0.15, 0.2) is 27.8 Å². The first kappa shape index (κ1) is 22.8. The molecule has 1 fully saturated rings. The number of nitrogens with one attached hydrogen (secondary N) is 2. The van der Waals surface area contributed by atoms with Gasteiger partial charge in [0, 0.05) is 19.6 Å². The van der Waals surface area contributed by atoms with Gasteiger partial charge in [-0.1, -0.05) is 26.7 Å². The second kappa shape index (κ2) is 12.2. The average Bonchev–Trinajstić information content (AvgIpc) is 3.30. The van der Waals surface area contributed by atoms with Crippen molar-refractivity contribution in [3.8, 4) is 0 Å². The predicted octanol–water partition coefficient (Wildman–Crippen LogP) is 3.24. The van der Waals surface area contributed by atoms with Gasteiger partial charge in [-0.05, 0) is 37.3 Å². The van der Waals surface area contributed by atoms with Crippen LogP contribution in [-0.4, -0.2) is 42.9 Å². The van der Waals surface area contributed by atoms with Crippen LogP contribution in [0, 0.1) is 11.8 Å². The zero-order chi connectivity index (χ0) is 18.1. The second-order valence-corrected chi connectivity index (χ2v) is 6.60. The highest BCUT2D eigenvalue weighted by atomic mass is 127. The number of carbonyl (C=O) groups excluding carboxylic acids is 1. The van der Waals surface area contributed by atoms with Gasteiger partial charge in [0.15, 0.2) is 5.96 Å². The summed E-state index contributed by atoms with van der Waals surface area (Å²) in [6.45, 7) is 10.00. The summed E-state index contributed by atoms with van der Waals surface area (Å²) in [5.74, 6) is 3.01. The molecule has 2 N–H and O–H groups in total. The Morgan fingerprint density at radius 3 is 2.73 bits per heavy atom. The van der Waals surface area contributed by atoms with E-state index < -0.39 is 0 Å². The van der Waals surface area contributed by atoms with Crippen molar-refractivity contribution in [2.45, 2.75) is 46.6 Å². The fourth-order valence-corrected chi connectivity index (χ4v) is 3.55. The molecule has 0 bridgehead atoms. The molecule has 2 heterocycles. The molecule has 148 valence electrons. The molecule has 0 radical (unpaired) electrons. The maximum absolute atomic E-state index is 12.0. The molecule has 1 aliphatic rings. The van der Waals surface area contributed by atoms with Gasteiger partial charge >= 0.3 is 0 Å². The standard InChI is InChI=1S/C19H32N4O2.HI/c1-4-15(5-2)16-9-10-23(14-16)19(20-6-3)22-13-18(24)21-12-17-8-7-11-25-17;/h7-8,11,15-16H,4-6,9-10,12-14H2,1-3H3,(H,20,22)(H,21,24);1H. The molecule has 1 unspecified atom stereocenters. The van der Waals surface area contributed by atoms with Crippen molar-refractivity contribution in [2.24, 2.45) is 16.8 Å². The number of guanidine groups is 1. The quantitative estimate of drug-likeness (QED) is 0.344. The van der Waals surface area contributed by atoms with Gasteiger partial charge in [0.1, 0.15) is 12.3 Å². The van der Waals surface area contributed by atoms with Crippen LogP contribution in [-0.2, 0) is 11.3 Å². The summed E-state index contributed by atoms with van der Waals surface area (Å²) in [4.78, 5) is 18.8. The molecule has 0 spiro atoms. The van der Waals surface area contributed by atoms with Crippen LogP contribution >= 0.6 is 24.0 Å². The van der Waals surface area contributed by atoms with Crippen molar-refractivity contribution in [3.63, 3.8) is 0 Å². The summed E-state index contributed by atoms with van der Waals surface area (Å²) < 4.78 is 5.21. The van der Waals surface area contributed by atoms with Crippen molar-refractivity contribution in [2.75, 3.05) is 26.2 Å². The highest BCUT2D eigenvalue weighted by Gasteiger charge is 2.29. The van der Waals surface area contributed by atoms with Gasteiger partial charge < -0.3 is 20.0 Å². The molecule has 0 aliphatic carbocycles. The first-order chi connectivity index (χ1) is 12.2. The van der Waals surface area contributed by atoms with Crippen LogP contribution in [0.4, 0.5) is 0 Å². The fraction of sp³-hybridized carbons (Fsp3) is 0.684. The Morgan fingerprint density at radius 1 is 1.35 bits per heavy atom. The third kappa shape index (κ3) is 6.81. The number of aliphatic imine (C=N–C) groups is 1. The van der Waals surface area contributed by atoms with Gasteiger partial charge in [-0.15, -0.1) is 24.0 Å². The number of halogens is 1. The van der Waals surface area contributed by atoms with Gasteiger partial charge in [0.05, 0.1) is 12.8 Å². The Bertz CT molecular complexity index is 544. The average molecular weight is 476 g/mol. The number of amides is 1. The molecule has 1 atom stereocenters. The molecule has 1 aliphatic heterocycles. The van der Waals surface area contributed by atoms with E-state index >= 15 is 0 Å². The normalized spacial score (nSPS) is 17.3. The van der Waals surface area contributed by atoms with Gasteiger partial charge in [0.2, 0.25) is 5.91 Å². The fourth-order valence-electron chi connectivity index (χ4n) is 3.55. The van der Waals surface area contributed by atoms with E-state index in [9.17, 15) is 4.79 Å². The summed E-state index contributed by atoms with van der Waals surface area (Å²) in [6.07, 6.45) is 5.28. The van der Waals surface area contributed by atoms with Crippen LogP contribution < -0.4 is 10.6 Å². The predicted molar refractivity (Wildman–Crippen MR) is 116 cm³/mol. The third-order valence-electron chi connectivity index (χ3n) is 4.99. The zero-order valence-corrected chi connectivity index (χ0v) is 18.5. The molecule has 1 saturated heterocycles. The van der Waals surface area contributed by atoms with Crippen molar-refractivity contribution in [1.29, 1.82) is 0 Å². The minimum Gasteiger partial charge on any atom is -0.467 e. The lowest BCUT2D eigenvalue weighted by atomic mass is 9.87. The SMILES string of the molecule is CCNC(=NCC(=O)NCc1ccco1)N1CCC(C(CC)CC)C1.I. The van der Waals surface area contributed by atoms with Crippen LogP contribution in [0.5, 0.6) is 0 Å². The summed E-state index contributed by atoms with van der Waals surface area (Å²) in [5, 5.41) is 6.15. The molecule has 2 rings (SSSR count). The Hall–Kier alpha value is -1.25. The maximum atomic E-state index is 12.0. The molecule has 7 heteroatoms. The number of carbonyl (C=O) groups is 1. The van der Waals surface area contributed by atoms with Gasteiger partial charge in [-0.3, -0.25) is 4.79 Å². The van der Waals surface area contributed by atoms with Crippen LogP contribution in [0.2, 0.25) is 0 Å². The monoisotopic (exact) mass is 476 g/mol. The van der Waals surface area contributed by atoms with E-state index in [1.54, 1.807) is 6.26 Å². The molecule has 26 heavy (non-hydrogen) atoms. The van der Waals surface area contributed by atoms with Crippen LogP contribution in [0.3, 0.4) is 0 Å². The molecule has 1 aromatic heterocycles. The van der Waals surface area contributed by atoms with Gasteiger partial charge in [-0.2, -0.15) is 0 Å². The number of furan rings is 1. The van der Waals surface area contributed by atoms with E-state index in [1.807, 2.05) is 12.1 Å². The Kier molecular flexibility index (Phi) is 10.7. The lowest BCUT2D eigenvalue weighted by molar-refractivity contribution is -0.119. The second-order valence-electron chi connectivity index (χ2n) is 6.60. The lowest BCUT2D eigenvalue weighted by Crippen LogP contribution is -2.41. The molecule has 1 aromatic rings. The summed E-state index contributed by atoms with van der Waals surface area (Å²) in [5.41, 5.74) is 0. The minimum absolute atomic E-state index is 0. The minimum atomic E-state index is -0.0949. The van der Waals surface area contributed by atoms with Crippen molar-refractivity contribution < 1.29 is 9.21 Å². The van der Waals surface area contributed by atoms with Crippen molar-refractivity contribution in [3.05, 3.63) is 24.2 Å². The van der Waals surface area contributed by atoms with E-state index in [0.29, 0.717) is 6.54 Å². The first-order valence-corrected chi connectivity index (χ1v) is 9.50. The van der Waals surface area contributed by atoms with Crippen molar-refractivity contribution >= 4 is 35.8 Å². The summed E-state index contributed by atoms with van der Waals surface area (Å²) >= 11 is 0. The van der Waals surface area contributed by atoms with Crippen molar-refractivity contribution in [1.82, 2.24) is 15.5 Å². The molecular weight excluding hydrogens is 443 g/mol. The van der Waals surface area contributed by atoms with Crippen LogP contribution in [0.25, 0.3) is 0 Å². The number of hydrogen-bond acceptors (Lipinski definition) is 3. The summed E-state index contributed by atoms with van der Waals surface area (Å²) in [6, 6.07) is 3.66. The largest absolute Gasteiger partial charge is 0.467 e. The molecule has 1 amide bonds. The van der Waals surface area contributed by atoms with Gasteiger partial charge in [-0.25, -0.2) is 4.99 Å². The topological polar surface area (TPSA) is 69.9 Å². The highest BCUT2D eigenvalue weighted by molar-refractivity contribution is 14.0. The third-order valence-corrected chi connectivity index (χ3v) is 4.99. The van der Waals surface area contributed by atoms with E-state index in [-0.39, 0.29) is 36.4 Å². The zero-order valence-electron chi connectivity index (χ0n) is 16.2. The number of rotatable bonds is 8. The molecule has 6 nitrogen and oxygen atoms in total. The van der Waals surface area contributed by atoms with E-state index in [2.05, 4.69) is 41.3 Å². The Morgan fingerprint density at radius 2 is 2.12 bits per heavy atom. The summed E-state index contributed by atoms with van der Waals surface area (Å²) in [7, 11) is 0. The smallest absolute Gasteiger partial charge is 0.242 e. The molecule has 0 saturated carbocycles. The highest BCUT2D eigenvalue weighted by Crippen LogP contribution is 2.28. The number of likely N-dealkylation sites (tertiary alicyclic amines) is 1. The van der Waals surface area contributed by atoms with E-state index in [1.165, 1.54) is 19.3 Å². The number of hydrogen-bond donors (Lipinski definition) is 2. The Labute approximate surface area is 174 Å². The Balaban J connectivity index is 0.00000338. The maximum Gasteiger partial charge on any atom is 0.242 e. The molecule has 0 aromatic carbocycles.